The van der Waals surface area contributed by atoms with E-state index in [2.05, 4.69) is 15.4 Å². The lowest BCUT2D eigenvalue weighted by Gasteiger charge is -2.42. The first kappa shape index (κ1) is 11.5. The molecule has 3 rings (SSSR count). The number of rotatable bonds is 3. The second-order valence-corrected chi connectivity index (χ2v) is 4.79. The molecule has 1 aliphatic carbocycles. The van der Waals surface area contributed by atoms with Gasteiger partial charge in [0.15, 0.2) is 0 Å². The molecule has 2 aromatic rings. The molecule has 1 fully saturated rings. The van der Waals surface area contributed by atoms with Gasteiger partial charge in [-0.1, -0.05) is 11.6 Å². The Balaban J connectivity index is 1.76. The summed E-state index contributed by atoms with van der Waals surface area (Å²) in [5, 5.41) is 17.9. The van der Waals surface area contributed by atoms with E-state index in [1.165, 1.54) is 0 Å². The first-order chi connectivity index (χ1) is 8.75. The number of aliphatic hydroxyl groups excluding tert-OH is 1. The van der Waals surface area contributed by atoms with E-state index in [1.807, 2.05) is 18.3 Å². The smallest absolute Gasteiger partial charge is 0.0980 e. The number of aliphatic hydroxyl groups is 1. The zero-order valence-electron chi connectivity index (χ0n) is 9.57. The zero-order valence-corrected chi connectivity index (χ0v) is 10.3. The standard InChI is InChI=1S/C12H13ClN4O/c13-8-7-14-4-2-9(8)16-10-6-11(18)12(10)17-5-1-3-15-17/h1-5,7,10-12,18H,6H2,(H,14,16)/t10-,11+,12+/m0/s1. The lowest BCUT2D eigenvalue weighted by Crippen LogP contribution is -2.51. The monoisotopic (exact) mass is 264 g/mol. The molecule has 2 aromatic heterocycles. The Labute approximate surface area is 109 Å². The summed E-state index contributed by atoms with van der Waals surface area (Å²) in [6, 6.07) is 3.75. The maximum absolute atomic E-state index is 9.85. The minimum atomic E-state index is -0.372. The van der Waals surface area contributed by atoms with Gasteiger partial charge in [0, 0.05) is 24.8 Å². The molecule has 0 aromatic carbocycles. The summed E-state index contributed by atoms with van der Waals surface area (Å²) >= 11 is 6.05. The van der Waals surface area contributed by atoms with Crippen molar-refractivity contribution in [1.82, 2.24) is 14.8 Å². The largest absolute Gasteiger partial charge is 0.391 e. The van der Waals surface area contributed by atoms with Gasteiger partial charge in [-0.05, 0) is 18.6 Å². The van der Waals surface area contributed by atoms with Crippen LogP contribution in [0.3, 0.4) is 0 Å². The first-order valence-electron chi connectivity index (χ1n) is 5.79. The Morgan fingerprint density at radius 1 is 1.44 bits per heavy atom. The molecule has 0 spiro atoms. The van der Waals surface area contributed by atoms with Crippen LogP contribution in [0, 0.1) is 0 Å². The van der Waals surface area contributed by atoms with Crippen LogP contribution < -0.4 is 5.32 Å². The third-order valence-corrected chi connectivity index (χ3v) is 3.55. The maximum Gasteiger partial charge on any atom is 0.0980 e. The van der Waals surface area contributed by atoms with Gasteiger partial charge in [0.2, 0.25) is 0 Å². The van der Waals surface area contributed by atoms with E-state index < -0.39 is 0 Å². The lowest BCUT2D eigenvalue weighted by molar-refractivity contribution is 0.0134. The molecule has 6 heteroatoms. The Morgan fingerprint density at radius 2 is 2.33 bits per heavy atom. The van der Waals surface area contributed by atoms with Crippen LogP contribution in [0.15, 0.2) is 36.9 Å². The number of nitrogens with one attached hydrogen (secondary N) is 1. The molecule has 1 aliphatic rings. The van der Waals surface area contributed by atoms with Gasteiger partial charge in [0.1, 0.15) is 0 Å². The van der Waals surface area contributed by atoms with E-state index >= 15 is 0 Å². The number of hydrogen-bond acceptors (Lipinski definition) is 4. The zero-order chi connectivity index (χ0) is 12.5. The number of anilines is 1. The van der Waals surface area contributed by atoms with E-state index in [0.29, 0.717) is 11.4 Å². The van der Waals surface area contributed by atoms with Gasteiger partial charge in [-0.15, -0.1) is 0 Å². The number of halogens is 1. The quantitative estimate of drug-likeness (QED) is 0.886. The van der Waals surface area contributed by atoms with E-state index in [4.69, 9.17) is 11.6 Å². The summed E-state index contributed by atoms with van der Waals surface area (Å²) in [6.07, 6.45) is 7.16. The third-order valence-electron chi connectivity index (χ3n) is 3.25. The molecular weight excluding hydrogens is 252 g/mol. The Kier molecular flexibility index (Phi) is 2.93. The minimum absolute atomic E-state index is 0.0516. The number of pyridine rings is 1. The molecule has 0 aliphatic heterocycles. The predicted molar refractivity (Wildman–Crippen MR) is 68.5 cm³/mol. The molecule has 0 unspecified atom stereocenters. The Morgan fingerprint density at radius 3 is 3.00 bits per heavy atom. The highest BCUT2D eigenvalue weighted by molar-refractivity contribution is 6.33. The van der Waals surface area contributed by atoms with Crippen LogP contribution in [0.1, 0.15) is 12.5 Å². The highest BCUT2D eigenvalue weighted by atomic mass is 35.5. The highest BCUT2D eigenvalue weighted by Gasteiger charge is 2.41. The van der Waals surface area contributed by atoms with Gasteiger partial charge >= 0.3 is 0 Å². The van der Waals surface area contributed by atoms with Crippen LogP contribution in [-0.4, -0.2) is 32.0 Å². The fourth-order valence-electron chi connectivity index (χ4n) is 2.27. The molecule has 0 radical (unpaired) electrons. The molecule has 94 valence electrons. The van der Waals surface area contributed by atoms with E-state index in [-0.39, 0.29) is 18.2 Å². The molecular formula is C12H13ClN4O. The summed E-state index contributed by atoms with van der Waals surface area (Å²) in [4.78, 5) is 3.94. The molecule has 2 N–H and O–H groups in total. The Bertz CT molecular complexity index is 531. The van der Waals surface area contributed by atoms with Crippen molar-refractivity contribution in [2.75, 3.05) is 5.32 Å². The van der Waals surface area contributed by atoms with Crippen molar-refractivity contribution in [3.05, 3.63) is 41.9 Å². The average molecular weight is 265 g/mol. The topological polar surface area (TPSA) is 63.0 Å². The van der Waals surface area contributed by atoms with E-state index in [0.717, 1.165) is 5.69 Å². The van der Waals surface area contributed by atoms with Gasteiger partial charge in [0.05, 0.1) is 28.9 Å². The van der Waals surface area contributed by atoms with Gasteiger partial charge in [0.25, 0.3) is 0 Å². The van der Waals surface area contributed by atoms with E-state index in [1.54, 1.807) is 23.3 Å². The number of hydrogen-bond donors (Lipinski definition) is 2. The van der Waals surface area contributed by atoms with Gasteiger partial charge in [-0.25, -0.2) is 0 Å². The lowest BCUT2D eigenvalue weighted by atomic mass is 9.83. The summed E-state index contributed by atoms with van der Waals surface area (Å²) in [5.74, 6) is 0. The maximum atomic E-state index is 9.85. The van der Waals surface area contributed by atoms with Crippen LogP contribution in [0.4, 0.5) is 5.69 Å². The minimum Gasteiger partial charge on any atom is -0.391 e. The van der Waals surface area contributed by atoms with Crippen LogP contribution in [0.5, 0.6) is 0 Å². The van der Waals surface area contributed by atoms with Crippen molar-refractivity contribution >= 4 is 17.3 Å². The first-order valence-corrected chi connectivity index (χ1v) is 6.17. The Hall–Kier alpha value is -1.59. The van der Waals surface area contributed by atoms with Crippen LogP contribution in [0.2, 0.25) is 5.02 Å². The second-order valence-electron chi connectivity index (χ2n) is 4.39. The number of nitrogens with zero attached hydrogens (tertiary/aromatic N) is 3. The van der Waals surface area contributed by atoms with Crippen LogP contribution in [0.25, 0.3) is 0 Å². The van der Waals surface area contributed by atoms with Crippen molar-refractivity contribution in [2.24, 2.45) is 0 Å². The summed E-state index contributed by atoms with van der Waals surface area (Å²) in [7, 11) is 0. The molecule has 0 bridgehead atoms. The normalized spacial score (nSPS) is 26.7. The fraction of sp³-hybridized carbons (Fsp3) is 0.333. The van der Waals surface area contributed by atoms with Crippen molar-refractivity contribution < 1.29 is 5.11 Å². The molecule has 18 heavy (non-hydrogen) atoms. The SMILES string of the molecule is O[C@@H]1C[C@H](Nc2ccncc2Cl)[C@H]1n1cccn1. The molecule has 3 atom stereocenters. The molecule has 5 nitrogen and oxygen atoms in total. The van der Waals surface area contributed by atoms with Gasteiger partial charge in [-0.2, -0.15) is 5.10 Å². The van der Waals surface area contributed by atoms with Crippen LogP contribution in [-0.2, 0) is 0 Å². The van der Waals surface area contributed by atoms with Crippen LogP contribution >= 0.6 is 11.6 Å². The predicted octanol–water partition coefficient (Wildman–Crippen LogP) is 1.72. The summed E-state index contributed by atoms with van der Waals surface area (Å²) < 4.78 is 1.78. The van der Waals surface area contributed by atoms with Gasteiger partial charge < -0.3 is 10.4 Å². The molecule has 1 saturated carbocycles. The number of aromatic nitrogens is 3. The van der Waals surface area contributed by atoms with E-state index in [9.17, 15) is 5.11 Å². The highest BCUT2D eigenvalue weighted by Crippen LogP contribution is 2.35. The second kappa shape index (κ2) is 4.59. The van der Waals surface area contributed by atoms with Crippen molar-refractivity contribution in [3.63, 3.8) is 0 Å². The summed E-state index contributed by atoms with van der Waals surface area (Å²) in [5.41, 5.74) is 0.834. The van der Waals surface area contributed by atoms with Crippen molar-refractivity contribution in [1.29, 1.82) is 0 Å². The molecule has 0 amide bonds. The molecule has 2 heterocycles. The van der Waals surface area contributed by atoms with Gasteiger partial charge in [-0.3, -0.25) is 9.67 Å². The third kappa shape index (κ3) is 1.95. The fourth-order valence-corrected chi connectivity index (χ4v) is 2.44. The molecule has 0 saturated heterocycles. The van der Waals surface area contributed by atoms with Crippen molar-refractivity contribution in [3.8, 4) is 0 Å². The summed E-state index contributed by atoms with van der Waals surface area (Å²) in [6.45, 7) is 0. The average Bonchev–Trinajstić information content (AvgIpc) is 2.84. The van der Waals surface area contributed by atoms with Crippen molar-refractivity contribution in [2.45, 2.75) is 24.6 Å².